The minimum absolute atomic E-state index is 0. The minimum Gasteiger partial charge on any atom is -0.462 e. The number of nitrogens with zero attached hydrogens (tertiary/aromatic N) is 1. The molecule has 1 saturated heterocycles. The van der Waals surface area contributed by atoms with E-state index in [1.165, 1.54) is 173 Å². The maximum atomic E-state index is 12.9. The maximum Gasteiger partial charge on any atom is 0.306 e. The van der Waals surface area contributed by atoms with E-state index in [0.717, 1.165) is 90.1 Å². The molecule has 8 heteroatoms. The van der Waals surface area contributed by atoms with E-state index in [1.54, 1.807) is 0 Å². The van der Waals surface area contributed by atoms with Gasteiger partial charge in [-0.3, -0.25) is 9.59 Å². The number of amides is 1. The summed E-state index contributed by atoms with van der Waals surface area (Å²) in [4.78, 5) is 28.3. The molecule has 1 atom stereocenters. The highest BCUT2D eigenvalue weighted by atomic mass is 16.7. The molecule has 0 aromatic carbocycles. The molecule has 0 radical (unpaired) electrons. The molecule has 8 nitrogen and oxygen atoms in total. The molecule has 0 bridgehead atoms. The Morgan fingerprint density at radius 2 is 1.08 bits per heavy atom. The molecule has 1 rings (SSSR count). The summed E-state index contributed by atoms with van der Waals surface area (Å²) in [6.45, 7) is 17.7. The highest BCUT2D eigenvalue weighted by molar-refractivity contribution is 5.84. The summed E-state index contributed by atoms with van der Waals surface area (Å²) in [5.74, 6) is 0.881. The molecule has 1 N–H and O–H groups in total. The summed E-state index contributed by atoms with van der Waals surface area (Å²) in [5, 5.41) is 3.16. The molecule has 62 heavy (non-hydrogen) atoms. The van der Waals surface area contributed by atoms with Crippen LogP contribution in [0.15, 0.2) is 0 Å². The lowest BCUT2D eigenvalue weighted by Gasteiger charge is -2.24. The third-order valence-electron chi connectivity index (χ3n) is 13.3. The Hall–Kier alpha value is -1.22. The highest BCUT2D eigenvalue weighted by Crippen LogP contribution is 2.25. The van der Waals surface area contributed by atoms with Crippen molar-refractivity contribution in [3.8, 4) is 0 Å². The molecule has 1 aliphatic heterocycles. The quantitative estimate of drug-likeness (QED) is 0.0370. The van der Waals surface area contributed by atoms with Gasteiger partial charge in [-0.1, -0.05) is 175 Å². The third kappa shape index (κ3) is 35.1. The Morgan fingerprint density at radius 3 is 1.65 bits per heavy atom. The maximum absolute atomic E-state index is 12.9. The van der Waals surface area contributed by atoms with E-state index in [9.17, 15) is 9.59 Å². The van der Waals surface area contributed by atoms with Crippen LogP contribution in [-0.4, -0.2) is 81.3 Å². The molecule has 0 aromatic rings. The largest absolute Gasteiger partial charge is 0.462 e. The number of nitrogens with one attached hydrogen (secondary N) is 1. The van der Waals surface area contributed by atoms with Crippen molar-refractivity contribution < 1.29 is 30.0 Å². The average molecular weight is 881 g/mol. The number of carbonyl (C=O) groups excluding carboxylic acids is 2. The Bertz CT molecular complexity index is 958. The van der Waals surface area contributed by atoms with Crippen LogP contribution in [0.25, 0.3) is 0 Å². The van der Waals surface area contributed by atoms with Crippen LogP contribution in [0.3, 0.4) is 0 Å². The van der Waals surface area contributed by atoms with Gasteiger partial charge in [0.2, 0.25) is 0 Å². The van der Waals surface area contributed by atoms with Gasteiger partial charge in [-0.2, -0.15) is 0 Å². The molecule has 1 aliphatic rings. The van der Waals surface area contributed by atoms with Gasteiger partial charge < -0.3 is 29.2 Å². The van der Waals surface area contributed by atoms with Crippen LogP contribution in [0.5, 0.6) is 0 Å². The molecular formula is C54H108N2O6. The van der Waals surface area contributed by atoms with Crippen LogP contribution in [0.2, 0.25) is 0 Å². The molecule has 1 unspecified atom stereocenters. The summed E-state index contributed by atoms with van der Waals surface area (Å²) in [5.41, 5.74) is -0.648. The van der Waals surface area contributed by atoms with Gasteiger partial charge >= 0.3 is 5.97 Å². The van der Waals surface area contributed by atoms with Gasteiger partial charge in [0, 0.05) is 34.2 Å². The zero-order valence-corrected chi connectivity index (χ0v) is 42.2. The predicted octanol–water partition coefficient (Wildman–Crippen LogP) is 15.1. The van der Waals surface area contributed by atoms with Crippen LogP contribution in [0.4, 0.5) is 0 Å². The topological polar surface area (TPSA) is 86.3 Å². The molecule has 1 heterocycles. The van der Waals surface area contributed by atoms with Gasteiger partial charge in [-0.25, -0.2) is 0 Å². The Labute approximate surface area is 387 Å². The van der Waals surface area contributed by atoms with Crippen LogP contribution < -0.4 is 5.32 Å². The number of hydrogen-bond donors (Lipinski definition) is 1. The smallest absolute Gasteiger partial charge is 0.306 e. The fourth-order valence-corrected chi connectivity index (χ4v) is 9.02. The lowest BCUT2D eigenvalue weighted by Crippen LogP contribution is -2.44. The van der Waals surface area contributed by atoms with Crippen molar-refractivity contribution in [3.05, 3.63) is 0 Å². The zero-order valence-electron chi connectivity index (χ0n) is 42.2. The molecule has 0 aromatic heterocycles. The van der Waals surface area contributed by atoms with E-state index in [4.69, 9.17) is 18.9 Å². The molecule has 1 amide bonds. The van der Waals surface area contributed by atoms with Crippen molar-refractivity contribution in [2.45, 2.75) is 277 Å². The Kier molecular flexibility index (Phi) is 41.4. The highest BCUT2D eigenvalue weighted by Gasteiger charge is 2.37. The first-order valence-corrected chi connectivity index (χ1v) is 27.4. The van der Waals surface area contributed by atoms with E-state index in [2.05, 4.69) is 37.9 Å². The van der Waals surface area contributed by atoms with Crippen LogP contribution in [-0.2, 0) is 28.5 Å². The van der Waals surface area contributed by atoms with Crippen molar-refractivity contribution in [1.29, 1.82) is 0 Å². The minimum atomic E-state index is -0.648. The van der Waals surface area contributed by atoms with Gasteiger partial charge in [0.25, 0.3) is 5.91 Å². The Morgan fingerprint density at radius 1 is 0.581 bits per heavy atom. The first kappa shape index (κ1) is 58.8. The van der Waals surface area contributed by atoms with Gasteiger partial charge in [0.15, 0.2) is 0 Å². The third-order valence-corrected chi connectivity index (χ3v) is 13.3. The molecule has 0 spiro atoms. The summed E-state index contributed by atoms with van der Waals surface area (Å²) < 4.78 is 23.5. The lowest BCUT2D eigenvalue weighted by molar-refractivity contribution is -0.150. The summed E-state index contributed by atoms with van der Waals surface area (Å²) in [7, 11) is 0. The van der Waals surface area contributed by atoms with Gasteiger partial charge in [0.1, 0.15) is 18.5 Å². The summed E-state index contributed by atoms with van der Waals surface area (Å²) in [6.07, 6.45) is 42.9. The second-order valence-corrected chi connectivity index (χ2v) is 19.4. The van der Waals surface area contributed by atoms with E-state index in [-0.39, 0.29) is 19.4 Å². The normalized spacial score (nSPS) is 15.4. The van der Waals surface area contributed by atoms with E-state index < -0.39 is 5.60 Å². The van der Waals surface area contributed by atoms with Crippen molar-refractivity contribution in [2.75, 3.05) is 52.8 Å². The first-order valence-electron chi connectivity index (χ1n) is 27.4. The number of hydrogen-bond acceptors (Lipinski definition) is 7. The molecule has 1 fully saturated rings. The van der Waals surface area contributed by atoms with Crippen molar-refractivity contribution in [2.24, 2.45) is 5.92 Å². The van der Waals surface area contributed by atoms with Gasteiger partial charge in [-0.15, -0.1) is 0 Å². The molecular weight excluding hydrogens is 773 g/mol. The number of rotatable bonds is 48. The van der Waals surface area contributed by atoms with E-state index in [1.807, 2.05) is 6.92 Å². The Balaban J connectivity index is 0.0000384. The molecule has 0 saturated carbocycles. The second-order valence-electron chi connectivity index (χ2n) is 19.4. The van der Waals surface area contributed by atoms with Crippen LogP contribution in [0, 0.1) is 5.92 Å². The second kappa shape index (κ2) is 43.7. The van der Waals surface area contributed by atoms with Crippen LogP contribution >= 0.6 is 0 Å². The number of carbonyl (C=O) groups is 2. The first-order chi connectivity index (χ1) is 30.4. The van der Waals surface area contributed by atoms with Crippen LogP contribution in [0.1, 0.15) is 267 Å². The van der Waals surface area contributed by atoms with Crippen molar-refractivity contribution in [3.63, 3.8) is 0 Å². The fraction of sp³-hybridized carbons (Fsp3) is 0.963. The zero-order chi connectivity index (χ0) is 45.0. The predicted molar refractivity (Wildman–Crippen MR) is 265 cm³/mol. The van der Waals surface area contributed by atoms with E-state index in [0.29, 0.717) is 26.4 Å². The fourth-order valence-electron chi connectivity index (χ4n) is 9.02. The van der Waals surface area contributed by atoms with E-state index >= 15 is 0 Å². The van der Waals surface area contributed by atoms with Gasteiger partial charge in [-0.05, 0) is 110 Å². The van der Waals surface area contributed by atoms with Gasteiger partial charge in [0.05, 0.1) is 0 Å². The molecule has 0 aliphatic carbocycles. The van der Waals surface area contributed by atoms with Crippen molar-refractivity contribution in [1.82, 2.24) is 10.2 Å². The standard InChI is InChI=1S/C54H106N2O6.H2/c1-6-10-14-16-21-27-37-51(38-28-22-17-15-11-7-2)62-52(57)39-29-23-20-25-31-44-56(45-34-42-55-53(58)54(5)41-33-47-61-54)43-30-24-18-19-26-32-46-59-49-60-48-40-50(35-12-8-3)36-13-9-4;/h50-51H,6-49H2,1-5H3,(H,55,58);1H. The number of unbranched alkanes of at least 4 members (excludes halogenated alkanes) is 21. The number of ether oxygens (including phenoxy) is 4. The lowest BCUT2D eigenvalue weighted by atomic mass is 9.93. The van der Waals surface area contributed by atoms with Crippen molar-refractivity contribution >= 4 is 11.9 Å². The molecule has 370 valence electrons. The summed E-state index contributed by atoms with van der Waals surface area (Å²) >= 11 is 0. The summed E-state index contributed by atoms with van der Waals surface area (Å²) in [6, 6.07) is 0. The average Bonchev–Trinajstić information content (AvgIpc) is 3.73. The number of esters is 1. The monoisotopic (exact) mass is 881 g/mol. The SMILES string of the molecule is CCCCCCCCC(CCCCCCCC)OC(=O)CCCCCCCN(CCCCCCCCOCOCCC(CCCC)CCCC)CCCNC(=O)C1(C)CCCO1.[HH].